The number of aryl methyl sites for hydroxylation is 1. The number of piperidine rings is 1. The van der Waals surface area contributed by atoms with Crippen LogP contribution in [0.15, 0.2) is 24.3 Å². The van der Waals surface area contributed by atoms with Crippen LogP contribution in [0.25, 0.3) is 0 Å². The molecule has 114 valence electrons. The highest BCUT2D eigenvalue weighted by Crippen LogP contribution is 2.37. The lowest BCUT2D eigenvalue weighted by Crippen LogP contribution is -2.53. The van der Waals surface area contributed by atoms with E-state index in [1.165, 1.54) is 11.1 Å². The molecule has 1 fully saturated rings. The lowest BCUT2D eigenvalue weighted by molar-refractivity contribution is -0.128. The summed E-state index contributed by atoms with van der Waals surface area (Å²) in [6.07, 6.45) is 4.19. The van der Waals surface area contributed by atoms with Gasteiger partial charge in [0.1, 0.15) is 0 Å². The Morgan fingerprint density at radius 1 is 1.38 bits per heavy atom. The highest BCUT2D eigenvalue weighted by Gasteiger charge is 2.40. The van der Waals surface area contributed by atoms with E-state index < -0.39 is 0 Å². The zero-order chi connectivity index (χ0) is 14.9. The van der Waals surface area contributed by atoms with Gasteiger partial charge in [0.15, 0.2) is 0 Å². The molecule has 2 N–H and O–H groups in total. The normalized spacial score (nSPS) is 32.3. The molecule has 1 heterocycles. The maximum absolute atomic E-state index is 13.0. The van der Waals surface area contributed by atoms with Crippen LogP contribution in [0, 0.1) is 5.92 Å². The maximum atomic E-state index is 13.0. The van der Waals surface area contributed by atoms with E-state index >= 15 is 0 Å². The van der Waals surface area contributed by atoms with Gasteiger partial charge < -0.3 is 10.6 Å². The number of hydrogen-bond acceptors (Lipinski definition) is 2. The molecule has 1 aliphatic carbocycles. The highest BCUT2D eigenvalue weighted by molar-refractivity contribution is 5.88. The van der Waals surface area contributed by atoms with Gasteiger partial charge in [0, 0.05) is 6.04 Å². The molecular weight excluding hydrogens is 260 g/mol. The van der Waals surface area contributed by atoms with Crippen LogP contribution in [-0.2, 0) is 16.6 Å². The van der Waals surface area contributed by atoms with E-state index in [4.69, 9.17) is 0 Å². The standard InChI is InChI=1S/C18H26N2O/c1-13-12-19-11-9-16(13)20-17(21)18(2)10-5-7-14-6-3-4-8-15(14)18/h3-4,6,8,13,16,19H,5,7,9-12H2,1-2H3,(H,20,21). The Kier molecular flexibility index (Phi) is 4.03. The first-order valence-corrected chi connectivity index (χ1v) is 8.21. The van der Waals surface area contributed by atoms with E-state index in [1.807, 2.05) is 0 Å². The zero-order valence-corrected chi connectivity index (χ0v) is 13.1. The Balaban J connectivity index is 1.81. The molecule has 1 amide bonds. The van der Waals surface area contributed by atoms with Gasteiger partial charge in [0.25, 0.3) is 0 Å². The molecule has 0 spiro atoms. The maximum Gasteiger partial charge on any atom is 0.230 e. The van der Waals surface area contributed by atoms with Gasteiger partial charge in [-0.15, -0.1) is 0 Å². The third-order valence-electron chi connectivity index (χ3n) is 5.34. The Morgan fingerprint density at radius 2 is 2.19 bits per heavy atom. The molecule has 3 heteroatoms. The van der Waals surface area contributed by atoms with Crippen molar-refractivity contribution in [3.8, 4) is 0 Å². The molecule has 3 nitrogen and oxygen atoms in total. The topological polar surface area (TPSA) is 41.1 Å². The number of carbonyl (C=O) groups is 1. The summed E-state index contributed by atoms with van der Waals surface area (Å²) < 4.78 is 0. The quantitative estimate of drug-likeness (QED) is 0.876. The fourth-order valence-electron chi connectivity index (χ4n) is 3.84. The molecule has 3 atom stereocenters. The van der Waals surface area contributed by atoms with E-state index in [9.17, 15) is 4.79 Å². The number of amides is 1. The van der Waals surface area contributed by atoms with E-state index in [-0.39, 0.29) is 11.3 Å². The molecule has 2 aliphatic rings. The van der Waals surface area contributed by atoms with Crippen LogP contribution in [0.1, 0.15) is 44.2 Å². The van der Waals surface area contributed by atoms with Crippen molar-refractivity contribution >= 4 is 5.91 Å². The molecule has 21 heavy (non-hydrogen) atoms. The van der Waals surface area contributed by atoms with Gasteiger partial charge in [0.05, 0.1) is 5.41 Å². The van der Waals surface area contributed by atoms with Crippen molar-refractivity contribution in [1.29, 1.82) is 0 Å². The second kappa shape index (κ2) is 5.80. The third-order valence-corrected chi connectivity index (χ3v) is 5.34. The minimum atomic E-state index is -0.362. The largest absolute Gasteiger partial charge is 0.352 e. The molecular formula is C18H26N2O. The first-order chi connectivity index (χ1) is 10.1. The van der Waals surface area contributed by atoms with E-state index in [0.29, 0.717) is 12.0 Å². The fraction of sp³-hybridized carbons (Fsp3) is 0.611. The number of rotatable bonds is 2. The average molecular weight is 286 g/mol. The summed E-state index contributed by atoms with van der Waals surface area (Å²) in [5.41, 5.74) is 2.22. The van der Waals surface area contributed by atoms with Crippen molar-refractivity contribution < 1.29 is 4.79 Å². The SMILES string of the molecule is CC1CNCCC1NC(=O)C1(C)CCCc2ccccc21. The molecule has 0 radical (unpaired) electrons. The highest BCUT2D eigenvalue weighted by atomic mass is 16.2. The summed E-state index contributed by atoms with van der Waals surface area (Å²) in [5.74, 6) is 0.721. The van der Waals surface area contributed by atoms with Crippen molar-refractivity contribution in [3.05, 3.63) is 35.4 Å². The van der Waals surface area contributed by atoms with Crippen LogP contribution in [0.4, 0.5) is 0 Å². The van der Waals surface area contributed by atoms with Crippen molar-refractivity contribution in [2.45, 2.75) is 51.0 Å². The van der Waals surface area contributed by atoms with E-state index in [0.717, 1.165) is 38.8 Å². The third kappa shape index (κ3) is 2.71. The van der Waals surface area contributed by atoms with Gasteiger partial charge in [-0.2, -0.15) is 0 Å². The molecule has 1 aromatic carbocycles. The van der Waals surface area contributed by atoms with Crippen molar-refractivity contribution in [2.24, 2.45) is 5.92 Å². The van der Waals surface area contributed by atoms with Crippen LogP contribution in [0.3, 0.4) is 0 Å². The zero-order valence-electron chi connectivity index (χ0n) is 13.1. The van der Waals surface area contributed by atoms with Gasteiger partial charge in [-0.05, 0) is 62.7 Å². The lowest BCUT2D eigenvalue weighted by atomic mass is 9.70. The molecule has 0 saturated carbocycles. The Labute approximate surface area is 127 Å². The number of hydrogen-bond donors (Lipinski definition) is 2. The summed E-state index contributed by atoms with van der Waals surface area (Å²) in [5, 5.41) is 6.73. The summed E-state index contributed by atoms with van der Waals surface area (Å²) in [6, 6.07) is 8.76. The summed E-state index contributed by atoms with van der Waals surface area (Å²) in [6.45, 7) is 6.33. The lowest BCUT2D eigenvalue weighted by Gasteiger charge is -2.38. The Morgan fingerprint density at radius 3 is 3.00 bits per heavy atom. The second-order valence-electron chi connectivity index (χ2n) is 6.89. The monoisotopic (exact) mass is 286 g/mol. The molecule has 3 unspecified atom stereocenters. The van der Waals surface area contributed by atoms with Crippen molar-refractivity contribution in [2.75, 3.05) is 13.1 Å². The fourth-order valence-corrected chi connectivity index (χ4v) is 3.84. The predicted molar refractivity (Wildman–Crippen MR) is 85.3 cm³/mol. The molecule has 1 aliphatic heterocycles. The summed E-state index contributed by atoms with van der Waals surface area (Å²) >= 11 is 0. The number of benzene rings is 1. The molecule has 1 aromatic rings. The Hall–Kier alpha value is -1.35. The van der Waals surface area contributed by atoms with Crippen molar-refractivity contribution in [3.63, 3.8) is 0 Å². The first kappa shape index (κ1) is 14.6. The average Bonchev–Trinajstić information content (AvgIpc) is 2.50. The molecule has 0 aromatic heterocycles. The van der Waals surface area contributed by atoms with E-state index in [1.54, 1.807) is 0 Å². The van der Waals surface area contributed by atoms with Crippen LogP contribution in [-0.4, -0.2) is 25.0 Å². The second-order valence-corrected chi connectivity index (χ2v) is 6.89. The summed E-state index contributed by atoms with van der Waals surface area (Å²) in [7, 11) is 0. The van der Waals surface area contributed by atoms with Crippen LogP contribution >= 0.6 is 0 Å². The van der Waals surface area contributed by atoms with Gasteiger partial charge in [0.2, 0.25) is 5.91 Å². The molecule has 3 rings (SSSR count). The van der Waals surface area contributed by atoms with E-state index in [2.05, 4.69) is 48.7 Å². The number of fused-ring (bicyclic) bond motifs is 1. The van der Waals surface area contributed by atoms with Gasteiger partial charge in [-0.25, -0.2) is 0 Å². The molecule has 0 bridgehead atoms. The van der Waals surface area contributed by atoms with Crippen LogP contribution < -0.4 is 10.6 Å². The van der Waals surface area contributed by atoms with Gasteiger partial charge in [-0.1, -0.05) is 31.2 Å². The van der Waals surface area contributed by atoms with Crippen LogP contribution in [0.2, 0.25) is 0 Å². The smallest absolute Gasteiger partial charge is 0.230 e. The number of carbonyl (C=O) groups excluding carboxylic acids is 1. The Bertz CT molecular complexity index is 528. The predicted octanol–water partition coefficient (Wildman–Crippen LogP) is 2.39. The van der Waals surface area contributed by atoms with Crippen molar-refractivity contribution in [1.82, 2.24) is 10.6 Å². The molecule has 1 saturated heterocycles. The minimum absolute atomic E-state index is 0.216. The summed E-state index contributed by atoms with van der Waals surface area (Å²) in [4.78, 5) is 13.0. The van der Waals surface area contributed by atoms with Gasteiger partial charge in [-0.3, -0.25) is 4.79 Å². The van der Waals surface area contributed by atoms with Crippen LogP contribution in [0.5, 0.6) is 0 Å². The first-order valence-electron chi connectivity index (χ1n) is 8.21. The number of nitrogens with one attached hydrogen (secondary N) is 2. The minimum Gasteiger partial charge on any atom is -0.352 e. The van der Waals surface area contributed by atoms with Gasteiger partial charge >= 0.3 is 0 Å².